The van der Waals surface area contributed by atoms with Crippen LogP contribution in [0.2, 0.25) is 0 Å². The SMILES string of the molecule is NC1C=CC(C(=O)Nc2ccc(N3CCOCC3)nc2)C1. The summed E-state index contributed by atoms with van der Waals surface area (Å²) in [6.45, 7) is 3.16. The van der Waals surface area contributed by atoms with Crippen molar-refractivity contribution in [1.29, 1.82) is 0 Å². The zero-order valence-electron chi connectivity index (χ0n) is 11.9. The van der Waals surface area contributed by atoms with Gasteiger partial charge in [-0.3, -0.25) is 4.79 Å². The van der Waals surface area contributed by atoms with Crippen molar-refractivity contribution < 1.29 is 9.53 Å². The molecule has 1 amide bonds. The van der Waals surface area contributed by atoms with Crippen LogP contribution in [0.25, 0.3) is 0 Å². The van der Waals surface area contributed by atoms with Gasteiger partial charge in [-0.15, -0.1) is 0 Å². The van der Waals surface area contributed by atoms with Crippen LogP contribution in [0.1, 0.15) is 6.42 Å². The average molecular weight is 288 g/mol. The molecule has 112 valence electrons. The van der Waals surface area contributed by atoms with Gasteiger partial charge in [-0.05, 0) is 18.6 Å². The number of carbonyl (C=O) groups excluding carboxylic acids is 1. The number of ether oxygens (including phenoxy) is 1. The fraction of sp³-hybridized carbons (Fsp3) is 0.467. The Bertz CT molecular complexity index is 523. The summed E-state index contributed by atoms with van der Waals surface area (Å²) >= 11 is 0. The largest absolute Gasteiger partial charge is 0.378 e. The van der Waals surface area contributed by atoms with E-state index in [-0.39, 0.29) is 17.9 Å². The first-order valence-corrected chi connectivity index (χ1v) is 7.26. The molecule has 1 aromatic rings. The summed E-state index contributed by atoms with van der Waals surface area (Å²) in [4.78, 5) is 18.7. The molecule has 1 saturated heterocycles. The Morgan fingerprint density at radius 2 is 2.14 bits per heavy atom. The molecule has 6 nitrogen and oxygen atoms in total. The summed E-state index contributed by atoms with van der Waals surface area (Å²) in [6.07, 6.45) is 6.12. The maximum absolute atomic E-state index is 12.1. The quantitative estimate of drug-likeness (QED) is 0.803. The third-order valence-electron chi connectivity index (χ3n) is 3.80. The molecular weight excluding hydrogens is 268 g/mol. The van der Waals surface area contributed by atoms with Gasteiger partial charge in [0, 0.05) is 19.1 Å². The third-order valence-corrected chi connectivity index (χ3v) is 3.80. The predicted molar refractivity (Wildman–Crippen MR) is 81.1 cm³/mol. The highest BCUT2D eigenvalue weighted by Crippen LogP contribution is 2.20. The molecule has 0 radical (unpaired) electrons. The molecule has 2 aliphatic rings. The van der Waals surface area contributed by atoms with Crippen LogP contribution in [-0.4, -0.2) is 43.2 Å². The van der Waals surface area contributed by atoms with Gasteiger partial charge in [-0.2, -0.15) is 0 Å². The van der Waals surface area contributed by atoms with Crippen molar-refractivity contribution in [1.82, 2.24) is 4.98 Å². The molecule has 1 fully saturated rings. The van der Waals surface area contributed by atoms with E-state index in [2.05, 4.69) is 15.2 Å². The molecule has 0 aromatic carbocycles. The van der Waals surface area contributed by atoms with E-state index in [1.807, 2.05) is 24.3 Å². The first kappa shape index (κ1) is 14.0. The van der Waals surface area contributed by atoms with E-state index in [0.29, 0.717) is 12.1 Å². The van der Waals surface area contributed by atoms with Crippen molar-refractivity contribution in [3.05, 3.63) is 30.5 Å². The van der Waals surface area contributed by atoms with E-state index in [4.69, 9.17) is 10.5 Å². The third kappa shape index (κ3) is 3.40. The Labute approximate surface area is 124 Å². The lowest BCUT2D eigenvalue weighted by molar-refractivity contribution is -0.118. The standard InChI is InChI=1S/C15H20N4O2/c16-12-2-1-11(9-12)15(20)18-13-3-4-14(17-10-13)19-5-7-21-8-6-19/h1-4,10-12H,5-9,16H2,(H,18,20). The molecule has 0 spiro atoms. The highest BCUT2D eigenvalue weighted by molar-refractivity contribution is 5.94. The molecule has 1 aliphatic heterocycles. The van der Waals surface area contributed by atoms with Crippen molar-refractivity contribution in [3.8, 4) is 0 Å². The molecular formula is C15H20N4O2. The van der Waals surface area contributed by atoms with Crippen LogP contribution in [0, 0.1) is 5.92 Å². The number of amides is 1. The summed E-state index contributed by atoms with van der Waals surface area (Å²) < 4.78 is 5.32. The minimum atomic E-state index is -0.140. The summed E-state index contributed by atoms with van der Waals surface area (Å²) in [6, 6.07) is 3.80. The van der Waals surface area contributed by atoms with Crippen molar-refractivity contribution in [2.45, 2.75) is 12.5 Å². The van der Waals surface area contributed by atoms with E-state index in [1.54, 1.807) is 6.20 Å². The summed E-state index contributed by atoms with van der Waals surface area (Å²) in [5.41, 5.74) is 6.48. The van der Waals surface area contributed by atoms with Crippen molar-refractivity contribution in [2.24, 2.45) is 11.7 Å². The molecule has 0 saturated carbocycles. The number of pyridine rings is 1. The maximum atomic E-state index is 12.1. The van der Waals surface area contributed by atoms with Gasteiger partial charge in [0.15, 0.2) is 0 Å². The van der Waals surface area contributed by atoms with E-state index < -0.39 is 0 Å². The minimum Gasteiger partial charge on any atom is -0.378 e. The van der Waals surface area contributed by atoms with Gasteiger partial charge < -0.3 is 20.7 Å². The number of rotatable bonds is 3. The highest BCUT2D eigenvalue weighted by Gasteiger charge is 2.22. The highest BCUT2D eigenvalue weighted by atomic mass is 16.5. The fourth-order valence-corrected chi connectivity index (χ4v) is 2.60. The van der Waals surface area contributed by atoms with Gasteiger partial charge in [0.05, 0.1) is 31.0 Å². The van der Waals surface area contributed by atoms with Crippen LogP contribution in [0.4, 0.5) is 11.5 Å². The zero-order chi connectivity index (χ0) is 14.7. The van der Waals surface area contributed by atoms with Crippen LogP contribution >= 0.6 is 0 Å². The first-order valence-electron chi connectivity index (χ1n) is 7.26. The molecule has 1 aliphatic carbocycles. The fourth-order valence-electron chi connectivity index (χ4n) is 2.60. The second-order valence-corrected chi connectivity index (χ2v) is 5.38. The van der Waals surface area contributed by atoms with E-state index in [0.717, 1.165) is 32.1 Å². The van der Waals surface area contributed by atoms with Crippen molar-refractivity contribution in [2.75, 3.05) is 36.5 Å². The molecule has 3 rings (SSSR count). The van der Waals surface area contributed by atoms with Crippen LogP contribution in [0.15, 0.2) is 30.5 Å². The summed E-state index contributed by atoms with van der Waals surface area (Å²) in [7, 11) is 0. The molecule has 3 N–H and O–H groups in total. The van der Waals surface area contributed by atoms with Crippen molar-refractivity contribution >= 4 is 17.4 Å². The number of nitrogens with two attached hydrogens (primary N) is 1. The van der Waals surface area contributed by atoms with E-state index in [1.165, 1.54) is 0 Å². The summed E-state index contributed by atoms with van der Waals surface area (Å²) in [5, 5.41) is 2.88. The molecule has 2 atom stereocenters. The normalized spacial score (nSPS) is 25.1. The Morgan fingerprint density at radius 3 is 2.76 bits per heavy atom. The number of anilines is 2. The zero-order valence-corrected chi connectivity index (χ0v) is 11.9. The van der Waals surface area contributed by atoms with Crippen LogP contribution in [0.3, 0.4) is 0 Å². The van der Waals surface area contributed by atoms with Gasteiger partial charge in [-0.25, -0.2) is 4.98 Å². The topological polar surface area (TPSA) is 80.5 Å². The molecule has 21 heavy (non-hydrogen) atoms. The Hall–Kier alpha value is -1.92. The maximum Gasteiger partial charge on any atom is 0.231 e. The predicted octanol–water partition coefficient (Wildman–Crippen LogP) is 0.760. The van der Waals surface area contributed by atoms with Crippen molar-refractivity contribution in [3.63, 3.8) is 0 Å². The lowest BCUT2D eigenvalue weighted by Crippen LogP contribution is -2.36. The number of aromatic nitrogens is 1. The second kappa shape index (κ2) is 6.24. The number of nitrogens with one attached hydrogen (secondary N) is 1. The lowest BCUT2D eigenvalue weighted by Gasteiger charge is -2.27. The summed E-state index contributed by atoms with van der Waals surface area (Å²) in [5.74, 6) is 0.748. The minimum absolute atomic E-state index is 0.0115. The van der Waals surface area contributed by atoms with Gasteiger partial charge >= 0.3 is 0 Å². The molecule has 6 heteroatoms. The molecule has 2 unspecified atom stereocenters. The number of nitrogens with zero attached hydrogens (tertiary/aromatic N) is 2. The second-order valence-electron chi connectivity index (χ2n) is 5.38. The number of morpholine rings is 1. The van der Waals surface area contributed by atoms with Gasteiger partial charge in [-0.1, -0.05) is 12.2 Å². The van der Waals surface area contributed by atoms with E-state index >= 15 is 0 Å². The Morgan fingerprint density at radius 1 is 1.33 bits per heavy atom. The molecule has 0 bridgehead atoms. The van der Waals surface area contributed by atoms with Crippen LogP contribution in [-0.2, 0) is 9.53 Å². The first-order chi connectivity index (χ1) is 10.2. The number of carbonyl (C=O) groups is 1. The van der Waals surface area contributed by atoms with Gasteiger partial charge in [0.25, 0.3) is 0 Å². The number of hydrogen-bond donors (Lipinski definition) is 2. The average Bonchev–Trinajstić information content (AvgIpc) is 2.96. The van der Waals surface area contributed by atoms with E-state index in [9.17, 15) is 4.79 Å². The van der Waals surface area contributed by atoms with Crippen LogP contribution in [0.5, 0.6) is 0 Å². The van der Waals surface area contributed by atoms with Gasteiger partial charge in [0.1, 0.15) is 5.82 Å². The van der Waals surface area contributed by atoms with Crippen LogP contribution < -0.4 is 16.0 Å². The molecule has 2 heterocycles. The Balaban J connectivity index is 1.59. The Kier molecular flexibility index (Phi) is 4.17. The van der Waals surface area contributed by atoms with Gasteiger partial charge in [0.2, 0.25) is 5.91 Å². The smallest absolute Gasteiger partial charge is 0.231 e. The monoisotopic (exact) mass is 288 g/mol. The number of hydrogen-bond acceptors (Lipinski definition) is 5. The molecule has 1 aromatic heterocycles. The lowest BCUT2D eigenvalue weighted by atomic mass is 10.1.